The standard InChI is InChI=1S/C17H16F2O/c18-15-5-6-16(19)14(9-15)11-17(20)8-7-12-3-1-2-4-13(12)10-17/h1-6,9,20H,7-8,10-11H2. The maximum absolute atomic E-state index is 13.7. The quantitative estimate of drug-likeness (QED) is 0.889. The molecule has 104 valence electrons. The van der Waals surface area contributed by atoms with Gasteiger partial charge in [0.25, 0.3) is 0 Å². The molecule has 3 heteroatoms. The minimum absolute atomic E-state index is 0.144. The largest absolute Gasteiger partial charge is 0.389 e. The van der Waals surface area contributed by atoms with Crippen molar-refractivity contribution in [1.82, 2.24) is 0 Å². The van der Waals surface area contributed by atoms with Crippen molar-refractivity contribution in [1.29, 1.82) is 0 Å². The molecule has 0 heterocycles. The molecular formula is C17H16F2O. The highest BCUT2D eigenvalue weighted by atomic mass is 19.1. The SMILES string of the molecule is OC1(Cc2cc(F)ccc2F)CCc2ccccc2C1. The molecule has 1 N–H and O–H groups in total. The lowest BCUT2D eigenvalue weighted by molar-refractivity contribution is 0.0259. The van der Waals surface area contributed by atoms with Gasteiger partial charge in [0, 0.05) is 12.8 Å². The third-order valence-corrected chi connectivity index (χ3v) is 4.02. The second-order valence-electron chi connectivity index (χ2n) is 5.58. The molecule has 3 rings (SSSR count). The van der Waals surface area contributed by atoms with Crippen LogP contribution in [0.2, 0.25) is 0 Å². The molecule has 1 aliphatic rings. The lowest BCUT2D eigenvalue weighted by Crippen LogP contribution is -2.38. The second kappa shape index (κ2) is 4.98. The van der Waals surface area contributed by atoms with Gasteiger partial charge in [0.05, 0.1) is 5.60 Å². The van der Waals surface area contributed by atoms with Crippen molar-refractivity contribution < 1.29 is 13.9 Å². The number of rotatable bonds is 2. The summed E-state index contributed by atoms with van der Waals surface area (Å²) in [6.45, 7) is 0. The van der Waals surface area contributed by atoms with E-state index in [1.54, 1.807) is 0 Å². The number of fused-ring (bicyclic) bond motifs is 1. The van der Waals surface area contributed by atoms with Gasteiger partial charge in [-0.1, -0.05) is 24.3 Å². The van der Waals surface area contributed by atoms with Gasteiger partial charge in [-0.3, -0.25) is 0 Å². The van der Waals surface area contributed by atoms with Crippen molar-refractivity contribution in [3.63, 3.8) is 0 Å². The zero-order valence-corrected chi connectivity index (χ0v) is 11.1. The van der Waals surface area contributed by atoms with Crippen LogP contribution < -0.4 is 0 Å². The van der Waals surface area contributed by atoms with Crippen molar-refractivity contribution in [2.45, 2.75) is 31.3 Å². The second-order valence-corrected chi connectivity index (χ2v) is 5.58. The Balaban J connectivity index is 1.86. The first-order valence-electron chi connectivity index (χ1n) is 6.79. The highest BCUT2D eigenvalue weighted by Crippen LogP contribution is 2.32. The van der Waals surface area contributed by atoms with E-state index in [-0.39, 0.29) is 12.0 Å². The van der Waals surface area contributed by atoms with Crippen molar-refractivity contribution in [2.75, 3.05) is 0 Å². The molecule has 2 aromatic rings. The van der Waals surface area contributed by atoms with Gasteiger partial charge in [-0.25, -0.2) is 8.78 Å². The van der Waals surface area contributed by atoms with Crippen molar-refractivity contribution in [2.24, 2.45) is 0 Å². The highest BCUT2D eigenvalue weighted by molar-refractivity contribution is 5.33. The molecule has 0 saturated carbocycles. The maximum Gasteiger partial charge on any atom is 0.126 e. The number of aryl methyl sites for hydroxylation is 1. The van der Waals surface area contributed by atoms with Gasteiger partial charge in [-0.2, -0.15) is 0 Å². The van der Waals surface area contributed by atoms with E-state index in [2.05, 4.69) is 6.07 Å². The van der Waals surface area contributed by atoms with Gasteiger partial charge in [-0.05, 0) is 47.7 Å². The molecule has 0 radical (unpaired) electrons. The monoisotopic (exact) mass is 274 g/mol. The van der Waals surface area contributed by atoms with Crippen LogP contribution in [-0.2, 0) is 19.3 Å². The molecule has 0 spiro atoms. The van der Waals surface area contributed by atoms with E-state index in [9.17, 15) is 13.9 Å². The summed E-state index contributed by atoms with van der Waals surface area (Å²) >= 11 is 0. The molecule has 0 aliphatic heterocycles. The summed E-state index contributed by atoms with van der Waals surface area (Å²) in [7, 11) is 0. The lowest BCUT2D eigenvalue weighted by Gasteiger charge is -2.33. The first-order chi connectivity index (χ1) is 9.56. The van der Waals surface area contributed by atoms with Crippen molar-refractivity contribution in [3.05, 3.63) is 70.8 Å². The van der Waals surface area contributed by atoms with E-state index < -0.39 is 17.2 Å². The first-order valence-corrected chi connectivity index (χ1v) is 6.79. The molecule has 0 fully saturated rings. The summed E-state index contributed by atoms with van der Waals surface area (Å²) in [4.78, 5) is 0. The Bertz CT molecular complexity index is 639. The van der Waals surface area contributed by atoms with Gasteiger partial charge in [0.2, 0.25) is 0 Å². The smallest absolute Gasteiger partial charge is 0.126 e. The van der Waals surface area contributed by atoms with Crippen LogP contribution in [0, 0.1) is 11.6 Å². The summed E-state index contributed by atoms with van der Waals surface area (Å²) in [6, 6.07) is 11.3. The average molecular weight is 274 g/mol. The van der Waals surface area contributed by atoms with E-state index in [0.717, 1.165) is 24.1 Å². The Kier molecular flexibility index (Phi) is 3.30. The normalized spacial score (nSPS) is 21.6. The molecular weight excluding hydrogens is 258 g/mol. The summed E-state index contributed by atoms with van der Waals surface area (Å²) in [5, 5.41) is 10.7. The Morgan fingerprint density at radius 2 is 1.80 bits per heavy atom. The molecule has 0 bridgehead atoms. The fraction of sp³-hybridized carbons (Fsp3) is 0.294. The third-order valence-electron chi connectivity index (χ3n) is 4.02. The minimum Gasteiger partial charge on any atom is -0.389 e. The highest BCUT2D eigenvalue weighted by Gasteiger charge is 2.32. The Labute approximate surface area is 116 Å². The number of hydrogen-bond donors (Lipinski definition) is 1. The van der Waals surface area contributed by atoms with Crippen LogP contribution in [0.1, 0.15) is 23.1 Å². The summed E-state index contributed by atoms with van der Waals surface area (Å²) in [6.07, 6.45) is 1.97. The molecule has 0 saturated heterocycles. The van der Waals surface area contributed by atoms with Crippen LogP contribution in [-0.4, -0.2) is 10.7 Å². The number of halogens is 2. The zero-order valence-electron chi connectivity index (χ0n) is 11.1. The third kappa shape index (κ3) is 2.59. The minimum atomic E-state index is -0.997. The molecule has 0 aromatic heterocycles. The Morgan fingerprint density at radius 3 is 2.60 bits per heavy atom. The molecule has 20 heavy (non-hydrogen) atoms. The predicted molar refractivity (Wildman–Crippen MR) is 73.5 cm³/mol. The lowest BCUT2D eigenvalue weighted by atomic mass is 9.77. The Morgan fingerprint density at radius 1 is 1.05 bits per heavy atom. The summed E-state index contributed by atoms with van der Waals surface area (Å²) < 4.78 is 26.9. The van der Waals surface area contributed by atoms with Gasteiger partial charge in [0.1, 0.15) is 11.6 Å². The summed E-state index contributed by atoms with van der Waals surface area (Å²) in [5.41, 5.74) is 1.57. The van der Waals surface area contributed by atoms with E-state index in [0.29, 0.717) is 12.8 Å². The topological polar surface area (TPSA) is 20.2 Å². The average Bonchev–Trinajstić information content (AvgIpc) is 2.42. The molecule has 1 atom stereocenters. The summed E-state index contributed by atoms with van der Waals surface area (Å²) in [5.74, 6) is -0.931. The maximum atomic E-state index is 13.7. The first kappa shape index (κ1) is 13.3. The fourth-order valence-electron chi connectivity index (χ4n) is 2.97. The number of benzene rings is 2. The van der Waals surface area contributed by atoms with Gasteiger partial charge < -0.3 is 5.11 Å². The zero-order chi connectivity index (χ0) is 14.2. The van der Waals surface area contributed by atoms with Crippen LogP contribution >= 0.6 is 0 Å². The Hall–Kier alpha value is -1.74. The van der Waals surface area contributed by atoms with Crippen LogP contribution in [0.3, 0.4) is 0 Å². The van der Waals surface area contributed by atoms with Crippen molar-refractivity contribution >= 4 is 0 Å². The molecule has 0 amide bonds. The van der Waals surface area contributed by atoms with E-state index >= 15 is 0 Å². The molecule has 2 aromatic carbocycles. The number of hydrogen-bond acceptors (Lipinski definition) is 1. The van der Waals surface area contributed by atoms with Crippen LogP contribution in [0.5, 0.6) is 0 Å². The van der Waals surface area contributed by atoms with Crippen LogP contribution in [0.4, 0.5) is 8.78 Å². The fourth-order valence-corrected chi connectivity index (χ4v) is 2.97. The van der Waals surface area contributed by atoms with E-state index in [1.165, 1.54) is 11.6 Å². The van der Waals surface area contributed by atoms with Crippen LogP contribution in [0.25, 0.3) is 0 Å². The van der Waals surface area contributed by atoms with Gasteiger partial charge >= 0.3 is 0 Å². The number of aliphatic hydroxyl groups is 1. The molecule has 1 aliphatic carbocycles. The van der Waals surface area contributed by atoms with E-state index in [4.69, 9.17) is 0 Å². The molecule has 1 nitrogen and oxygen atoms in total. The molecule has 1 unspecified atom stereocenters. The van der Waals surface area contributed by atoms with Gasteiger partial charge in [0.15, 0.2) is 0 Å². The predicted octanol–water partition coefficient (Wildman–Crippen LogP) is 3.43. The van der Waals surface area contributed by atoms with Gasteiger partial charge in [-0.15, -0.1) is 0 Å². The van der Waals surface area contributed by atoms with Crippen LogP contribution in [0.15, 0.2) is 42.5 Å². The van der Waals surface area contributed by atoms with E-state index in [1.807, 2.05) is 18.2 Å². The van der Waals surface area contributed by atoms with Crippen molar-refractivity contribution in [3.8, 4) is 0 Å².